The van der Waals surface area contributed by atoms with Crippen molar-refractivity contribution >= 4 is 28.2 Å². The van der Waals surface area contributed by atoms with Gasteiger partial charge < -0.3 is 9.84 Å². The molecule has 126 valence electrons. The van der Waals surface area contributed by atoms with Gasteiger partial charge in [-0.1, -0.05) is 38.1 Å². The molecule has 0 aliphatic rings. The van der Waals surface area contributed by atoms with E-state index in [1.165, 1.54) is 0 Å². The monoisotopic (exact) mass is 343 g/mol. The number of nitrogens with zero attached hydrogens (tertiary/aromatic N) is 2. The molecule has 6 heteroatoms. The van der Waals surface area contributed by atoms with Gasteiger partial charge in [-0.15, -0.1) is 11.3 Å². The molecule has 24 heavy (non-hydrogen) atoms. The maximum Gasteiger partial charge on any atom is 0.226 e. The van der Waals surface area contributed by atoms with E-state index in [0.717, 1.165) is 16.1 Å². The van der Waals surface area contributed by atoms with E-state index in [9.17, 15) is 4.79 Å². The average Bonchev–Trinajstić information content (AvgIpc) is 3.14. The lowest BCUT2D eigenvalue weighted by molar-refractivity contribution is -0.121. The summed E-state index contributed by atoms with van der Waals surface area (Å²) < 4.78 is 5.24. The van der Waals surface area contributed by atoms with Crippen molar-refractivity contribution in [2.45, 2.75) is 45.6 Å². The zero-order chi connectivity index (χ0) is 17.3. The first kappa shape index (κ1) is 16.6. The third kappa shape index (κ3) is 3.48. The van der Waals surface area contributed by atoms with Gasteiger partial charge in [0.1, 0.15) is 10.7 Å². The minimum absolute atomic E-state index is 0.0120. The van der Waals surface area contributed by atoms with Crippen LogP contribution in [0, 0.1) is 0 Å². The molecule has 0 saturated heterocycles. The second-order valence-electron chi connectivity index (χ2n) is 6.91. The van der Waals surface area contributed by atoms with E-state index in [1.807, 2.05) is 31.2 Å². The van der Waals surface area contributed by atoms with E-state index >= 15 is 0 Å². The fourth-order valence-electron chi connectivity index (χ4n) is 2.40. The molecule has 1 amide bonds. The van der Waals surface area contributed by atoms with E-state index in [4.69, 9.17) is 4.52 Å². The number of aromatic nitrogens is 2. The van der Waals surface area contributed by atoms with Gasteiger partial charge in [-0.2, -0.15) is 0 Å². The van der Waals surface area contributed by atoms with E-state index in [2.05, 4.69) is 41.6 Å². The highest BCUT2D eigenvalue weighted by molar-refractivity contribution is 7.09. The van der Waals surface area contributed by atoms with Crippen LogP contribution in [0.25, 0.3) is 11.0 Å². The largest absolute Gasteiger partial charge is 0.356 e. The van der Waals surface area contributed by atoms with Crippen molar-refractivity contribution in [1.82, 2.24) is 15.5 Å². The summed E-state index contributed by atoms with van der Waals surface area (Å²) in [4.78, 5) is 17.0. The van der Waals surface area contributed by atoms with Crippen LogP contribution in [0.3, 0.4) is 0 Å². The molecule has 0 aliphatic heterocycles. The summed E-state index contributed by atoms with van der Waals surface area (Å²) >= 11 is 1.58. The van der Waals surface area contributed by atoms with Crippen LogP contribution in [-0.2, 0) is 16.6 Å². The summed E-state index contributed by atoms with van der Waals surface area (Å²) in [6.45, 7) is 8.34. The van der Waals surface area contributed by atoms with Gasteiger partial charge in [0.2, 0.25) is 5.91 Å². The summed E-state index contributed by atoms with van der Waals surface area (Å²) in [6.07, 6.45) is 0.193. The molecule has 1 N–H and O–H groups in total. The molecule has 0 bridgehead atoms. The van der Waals surface area contributed by atoms with E-state index in [-0.39, 0.29) is 23.8 Å². The summed E-state index contributed by atoms with van der Waals surface area (Å²) in [5, 5.41) is 10.8. The van der Waals surface area contributed by atoms with Gasteiger partial charge in [0, 0.05) is 16.2 Å². The molecule has 2 heterocycles. The van der Waals surface area contributed by atoms with Crippen LogP contribution in [-0.4, -0.2) is 16.0 Å². The Morgan fingerprint density at radius 3 is 2.79 bits per heavy atom. The lowest BCUT2D eigenvalue weighted by Crippen LogP contribution is -2.28. The van der Waals surface area contributed by atoms with Crippen molar-refractivity contribution in [3.05, 3.63) is 46.0 Å². The van der Waals surface area contributed by atoms with Crippen LogP contribution in [0.1, 0.15) is 50.1 Å². The minimum atomic E-state index is -0.128. The highest BCUT2D eigenvalue weighted by Gasteiger charge is 2.21. The first-order valence-corrected chi connectivity index (χ1v) is 8.81. The highest BCUT2D eigenvalue weighted by Crippen LogP contribution is 2.27. The first-order valence-electron chi connectivity index (χ1n) is 7.93. The van der Waals surface area contributed by atoms with Gasteiger partial charge in [-0.05, 0) is 19.1 Å². The maximum absolute atomic E-state index is 12.3. The number of carbonyl (C=O) groups excluding carboxylic acids is 1. The average molecular weight is 343 g/mol. The number of hydrogen-bond acceptors (Lipinski definition) is 5. The lowest BCUT2D eigenvalue weighted by Gasteiger charge is -2.15. The van der Waals surface area contributed by atoms with Crippen molar-refractivity contribution in [3.63, 3.8) is 0 Å². The van der Waals surface area contributed by atoms with Gasteiger partial charge >= 0.3 is 0 Å². The molecule has 0 aliphatic carbocycles. The van der Waals surface area contributed by atoms with E-state index < -0.39 is 0 Å². The van der Waals surface area contributed by atoms with Crippen molar-refractivity contribution in [2.75, 3.05) is 0 Å². The van der Waals surface area contributed by atoms with Crippen LogP contribution >= 0.6 is 11.3 Å². The quantitative estimate of drug-likeness (QED) is 0.777. The number of fused-ring (bicyclic) bond motifs is 1. The summed E-state index contributed by atoms with van der Waals surface area (Å²) in [5.74, 6) is -0.0888. The molecule has 0 radical (unpaired) electrons. The minimum Gasteiger partial charge on any atom is -0.356 e. The summed E-state index contributed by atoms with van der Waals surface area (Å²) in [6, 6.07) is 7.42. The number of rotatable bonds is 4. The predicted molar refractivity (Wildman–Crippen MR) is 95.1 cm³/mol. The number of benzene rings is 1. The Bertz CT molecular complexity index is 860. The molecule has 3 aromatic rings. The van der Waals surface area contributed by atoms with Crippen LogP contribution in [0.2, 0.25) is 0 Å². The zero-order valence-electron chi connectivity index (χ0n) is 14.3. The topological polar surface area (TPSA) is 68.0 Å². The number of hydrogen-bond donors (Lipinski definition) is 1. The number of carbonyl (C=O) groups is 1. The Hall–Kier alpha value is -2.21. The second kappa shape index (κ2) is 6.36. The Balaban J connectivity index is 1.67. The van der Waals surface area contributed by atoms with Crippen LogP contribution in [0.15, 0.2) is 34.2 Å². The second-order valence-corrected chi connectivity index (χ2v) is 7.80. The maximum atomic E-state index is 12.3. The molecule has 0 unspecified atom stereocenters. The summed E-state index contributed by atoms with van der Waals surface area (Å²) in [7, 11) is 0. The Morgan fingerprint density at radius 2 is 2.08 bits per heavy atom. The molecule has 1 aromatic carbocycles. The number of thiazole rings is 1. The van der Waals surface area contributed by atoms with Crippen LogP contribution in [0.4, 0.5) is 0 Å². The molecule has 5 nitrogen and oxygen atoms in total. The standard InChI is InChI=1S/C18H21N3O2S/c1-11(17-20-15(10-24-17)18(2,3)4)19-16(22)9-13-12-7-5-6-8-14(12)23-21-13/h5-8,10-11H,9H2,1-4H3,(H,19,22)/t11-/m1/s1. The first-order chi connectivity index (χ1) is 11.3. The molecular formula is C18H21N3O2S. The Labute approximate surface area is 145 Å². The molecule has 3 rings (SSSR count). The number of amides is 1. The van der Waals surface area contributed by atoms with Gasteiger partial charge in [0.15, 0.2) is 5.58 Å². The van der Waals surface area contributed by atoms with Crippen molar-refractivity contribution in [3.8, 4) is 0 Å². The van der Waals surface area contributed by atoms with Crippen molar-refractivity contribution < 1.29 is 9.32 Å². The Morgan fingerprint density at radius 1 is 1.33 bits per heavy atom. The van der Waals surface area contributed by atoms with Gasteiger partial charge in [-0.3, -0.25) is 4.79 Å². The number of para-hydroxylation sites is 1. The Kier molecular flexibility index (Phi) is 4.41. The van der Waals surface area contributed by atoms with E-state index in [0.29, 0.717) is 11.3 Å². The third-order valence-corrected chi connectivity index (χ3v) is 4.85. The van der Waals surface area contributed by atoms with Crippen molar-refractivity contribution in [1.29, 1.82) is 0 Å². The summed E-state index contributed by atoms with van der Waals surface area (Å²) in [5.41, 5.74) is 2.41. The van der Waals surface area contributed by atoms with Gasteiger partial charge in [0.25, 0.3) is 0 Å². The predicted octanol–water partition coefficient (Wildman–Crippen LogP) is 4.00. The normalized spacial score (nSPS) is 13.2. The van der Waals surface area contributed by atoms with Crippen LogP contribution < -0.4 is 5.32 Å². The van der Waals surface area contributed by atoms with Crippen molar-refractivity contribution in [2.24, 2.45) is 0 Å². The molecule has 0 spiro atoms. The fraction of sp³-hybridized carbons (Fsp3) is 0.389. The van der Waals surface area contributed by atoms with Crippen LogP contribution in [0.5, 0.6) is 0 Å². The number of nitrogens with one attached hydrogen (secondary N) is 1. The molecular weight excluding hydrogens is 322 g/mol. The zero-order valence-corrected chi connectivity index (χ0v) is 15.1. The molecule has 1 atom stereocenters. The lowest BCUT2D eigenvalue weighted by atomic mass is 9.93. The molecule has 2 aromatic heterocycles. The molecule has 0 fully saturated rings. The highest BCUT2D eigenvalue weighted by atomic mass is 32.1. The smallest absolute Gasteiger partial charge is 0.226 e. The fourth-order valence-corrected chi connectivity index (χ4v) is 3.46. The van der Waals surface area contributed by atoms with Gasteiger partial charge in [0.05, 0.1) is 18.2 Å². The van der Waals surface area contributed by atoms with E-state index in [1.54, 1.807) is 11.3 Å². The van der Waals surface area contributed by atoms with Gasteiger partial charge in [-0.25, -0.2) is 4.98 Å². The third-order valence-electron chi connectivity index (χ3n) is 3.82. The SMILES string of the molecule is C[C@@H](NC(=O)Cc1noc2ccccc12)c1nc(C(C)(C)C)cs1. The molecule has 0 saturated carbocycles.